The van der Waals surface area contributed by atoms with Gasteiger partial charge in [-0.05, 0) is 12.5 Å². The Hall–Kier alpha value is -3.22. The van der Waals surface area contributed by atoms with Crippen molar-refractivity contribution >= 4 is 17.5 Å². The number of carbonyl (C=O) groups is 2. The Morgan fingerprint density at radius 3 is 2.62 bits per heavy atom. The number of aromatic nitrogens is 3. The Labute approximate surface area is 151 Å². The van der Waals surface area contributed by atoms with E-state index in [1.54, 1.807) is 18.0 Å². The minimum Gasteiger partial charge on any atom is -0.364 e. The minimum absolute atomic E-state index is 0.0491. The number of benzene rings is 1. The lowest BCUT2D eigenvalue weighted by molar-refractivity contribution is 0.0785. The molecule has 0 aliphatic carbocycles. The maximum atomic E-state index is 13.0. The summed E-state index contributed by atoms with van der Waals surface area (Å²) >= 11 is 0. The van der Waals surface area contributed by atoms with Crippen molar-refractivity contribution in [1.29, 1.82) is 0 Å². The van der Waals surface area contributed by atoms with Crippen LogP contribution in [0.4, 0.5) is 0 Å². The van der Waals surface area contributed by atoms with Crippen LogP contribution in [0.1, 0.15) is 40.7 Å². The predicted molar refractivity (Wildman–Crippen MR) is 98.8 cm³/mol. The predicted octanol–water partition coefficient (Wildman–Crippen LogP) is 2.37. The van der Waals surface area contributed by atoms with E-state index in [4.69, 9.17) is 5.73 Å². The average Bonchev–Trinajstić information content (AvgIpc) is 3.09. The monoisotopic (exact) mass is 351 g/mol. The van der Waals surface area contributed by atoms with Crippen molar-refractivity contribution in [3.63, 3.8) is 0 Å². The molecule has 0 spiro atoms. The quantitative estimate of drug-likeness (QED) is 0.738. The summed E-state index contributed by atoms with van der Waals surface area (Å²) < 4.78 is 1.53. The molecule has 0 aliphatic heterocycles. The van der Waals surface area contributed by atoms with Gasteiger partial charge in [-0.3, -0.25) is 14.0 Å². The first-order chi connectivity index (χ1) is 12.5. The lowest BCUT2D eigenvalue weighted by Crippen LogP contribution is -2.29. The number of hydrogen-bond donors (Lipinski definition) is 1. The fraction of sp³-hybridized carbons (Fsp3) is 0.263. The van der Waals surface area contributed by atoms with Gasteiger partial charge in [0.15, 0.2) is 11.3 Å². The van der Waals surface area contributed by atoms with Gasteiger partial charge in [0.05, 0.1) is 5.69 Å². The number of fused-ring (bicyclic) bond motifs is 1. The normalized spacial score (nSPS) is 10.8. The second-order valence-corrected chi connectivity index (χ2v) is 6.12. The number of unbranched alkanes of at least 4 members (excludes halogenated alkanes) is 1. The zero-order valence-electron chi connectivity index (χ0n) is 14.8. The number of primary amides is 1. The van der Waals surface area contributed by atoms with Crippen LogP contribution >= 0.6 is 0 Å². The van der Waals surface area contributed by atoms with Gasteiger partial charge >= 0.3 is 0 Å². The molecule has 0 aliphatic rings. The van der Waals surface area contributed by atoms with Gasteiger partial charge < -0.3 is 10.6 Å². The van der Waals surface area contributed by atoms with Crippen molar-refractivity contribution in [1.82, 2.24) is 19.3 Å². The van der Waals surface area contributed by atoms with Gasteiger partial charge in [0.25, 0.3) is 11.8 Å². The van der Waals surface area contributed by atoms with Crippen LogP contribution in [0.2, 0.25) is 0 Å². The molecule has 7 heteroatoms. The van der Waals surface area contributed by atoms with E-state index in [9.17, 15) is 9.59 Å². The number of nitrogens with two attached hydrogens (primary N) is 1. The van der Waals surface area contributed by atoms with Crippen molar-refractivity contribution in [3.8, 4) is 11.3 Å². The van der Waals surface area contributed by atoms with Crippen LogP contribution in [0.5, 0.6) is 0 Å². The molecule has 0 atom stereocenters. The number of imidazole rings is 1. The molecule has 0 bridgehead atoms. The summed E-state index contributed by atoms with van der Waals surface area (Å²) in [4.78, 5) is 34.9. The van der Waals surface area contributed by atoms with Gasteiger partial charge in [0.2, 0.25) is 0 Å². The zero-order chi connectivity index (χ0) is 18.7. The molecule has 0 saturated heterocycles. The maximum Gasteiger partial charge on any atom is 0.271 e. The first-order valence-electron chi connectivity index (χ1n) is 8.51. The molecule has 26 heavy (non-hydrogen) atoms. The van der Waals surface area contributed by atoms with Crippen LogP contribution in [0.15, 0.2) is 42.7 Å². The summed E-state index contributed by atoms with van der Waals surface area (Å²) in [5.74, 6) is -0.834. The highest BCUT2D eigenvalue weighted by Gasteiger charge is 2.21. The maximum absolute atomic E-state index is 13.0. The number of nitrogens with zero attached hydrogens (tertiary/aromatic N) is 4. The van der Waals surface area contributed by atoms with Crippen molar-refractivity contribution in [2.24, 2.45) is 5.73 Å². The first kappa shape index (κ1) is 17.6. The van der Waals surface area contributed by atoms with Gasteiger partial charge in [-0.25, -0.2) is 9.97 Å². The Morgan fingerprint density at radius 2 is 1.96 bits per heavy atom. The van der Waals surface area contributed by atoms with E-state index in [0.29, 0.717) is 17.9 Å². The van der Waals surface area contributed by atoms with E-state index in [-0.39, 0.29) is 17.2 Å². The van der Waals surface area contributed by atoms with Gasteiger partial charge in [0.1, 0.15) is 12.0 Å². The third-order valence-electron chi connectivity index (χ3n) is 4.22. The molecule has 1 aromatic carbocycles. The summed E-state index contributed by atoms with van der Waals surface area (Å²) in [7, 11) is 1.76. The summed E-state index contributed by atoms with van der Waals surface area (Å²) in [6, 6.07) is 11.2. The molecule has 0 radical (unpaired) electrons. The number of rotatable bonds is 6. The van der Waals surface area contributed by atoms with Crippen molar-refractivity contribution in [2.75, 3.05) is 13.6 Å². The standard InChI is InChI=1S/C19H21N5O2/c1-3-4-10-23(2)19(26)15-11-14(13-8-6-5-7-9-13)22-18-16(17(20)25)21-12-24(15)18/h5-9,11-12H,3-4,10H2,1-2H3,(H2,20,25). The van der Waals surface area contributed by atoms with E-state index >= 15 is 0 Å². The van der Waals surface area contributed by atoms with Crippen molar-refractivity contribution < 1.29 is 9.59 Å². The first-order valence-corrected chi connectivity index (χ1v) is 8.51. The molecule has 0 saturated carbocycles. The number of carbonyl (C=O) groups excluding carboxylic acids is 2. The molecule has 2 N–H and O–H groups in total. The Bertz CT molecular complexity index is 949. The van der Waals surface area contributed by atoms with Gasteiger partial charge in [-0.1, -0.05) is 43.7 Å². The van der Waals surface area contributed by atoms with E-state index in [1.165, 1.54) is 10.7 Å². The summed E-state index contributed by atoms with van der Waals surface area (Å²) in [6.45, 7) is 2.72. The Balaban J connectivity index is 2.17. The fourth-order valence-electron chi connectivity index (χ4n) is 2.76. The molecule has 2 aromatic heterocycles. The number of hydrogen-bond acceptors (Lipinski definition) is 4. The van der Waals surface area contributed by atoms with E-state index in [0.717, 1.165) is 18.4 Å². The van der Waals surface area contributed by atoms with Crippen LogP contribution in [-0.2, 0) is 0 Å². The van der Waals surface area contributed by atoms with Gasteiger partial charge in [-0.15, -0.1) is 0 Å². The fourth-order valence-corrected chi connectivity index (χ4v) is 2.76. The second-order valence-electron chi connectivity index (χ2n) is 6.12. The minimum atomic E-state index is -0.678. The topological polar surface area (TPSA) is 93.6 Å². The molecular formula is C19H21N5O2. The SMILES string of the molecule is CCCCN(C)C(=O)c1cc(-c2ccccc2)nc2c(C(N)=O)ncn12. The lowest BCUT2D eigenvalue weighted by atomic mass is 10.1. The van der Waals surface area contributed by atoms with Crippen LogP contribution in [-0.4, -0.2) is 44.7 Å². The molecule has 3 rings (SSSR count). The highest BCUT2D eigenvalue weighted by atomic mass is 16.2. The van der Waals surface area contributed by atoms with Crippen LogP contribution in [0.3, 0.4) is 0 Å². The molecule has 0 unspecified atom stereocenters. The molecule has 7 nitrogen and oxygen atoms in total. The molecule has 2 amide bonds. The largest absolute Gasteiger partial charge is 0.364 e. The molecular weight excluding hydrogens is 330 g/mol. The molecule has 0 fully saturated rings. The van der Waals surface area contributed by atoms with Crippen LogP contribution in [0, 0.1) is 0 Å². The highest BCUT2D eigenvalue weighted by Crippen LogP contribution is 2.22. The van der Waals surface area contributed by atoms with E-state index in [1.807, 2.05) is 30.3 Å². The van der Waals surface area contributed by atoms with Crippen molar-refractivity contribution in [2.45, 2.75) is 19.8 Å². The summed E-state index contributed by atoms with van der Waals surface area (Å²) in [5, 5.41) is 0. The van der Waals surface area contributed by atoms with Crippen molar-refractivity contribution in [3.05, 3.63) is 54.1 Å². The molecule has 3 aromatic rings. The Kier molecular flexibility index (Phi) is 4.97. The van der Waals surface area contributed by atoms with Gasteiger partial charge in [-0.2, -0.15) is 0 Å². The lowest BCUT2D eigenvalue weighted by Gasteiger charge is -2.18. The van der Waals surface area contributed by atoms with E-state index in [2.05, 4.69) is 16.9 Å². The smallest absolute Gasteiger partial charge is 0.271 e. The summed E-state index contributed by atoms with van der Waals surface area (Å²) in [5.41, 5.74) is 7.58. The van der Waals surface area contributed by atoms with Gasteiger partial charge in [0, 0.05) is 19.2 Å². The van der Waals surface area contributed by atoms with E-state index < -0.39 is 5.91 Å². The van der Waals surface area contributed by atoms with Crippen LogP contribution in [0.25, 0.3) is 16.9 Å². The number of amides is 2. The third kappa shape index (κ3) is 3.28. The molecule has 2 heterocycles. The average molecular weight is 351 g/mol. The summed E-state index contributed by atoms with van der Waals surface area (Å²) in [6.07, 6.45) is 3.33. The van der Waals surface area contributed by atoms with Crippen LogP contribution < -0.4 is 5.73 Å². The zero-order valence-corrected chi connectivity index (χ0v) is 14.8. The highest BCUT2D eigenvalue weighted by molar-refractivity contribution is 5.99. The third-order valence-corrected chi connectivity index (χ3v) is 4.22. The second kappa shape index (κ2) is 7.35. The molecule has 134 valence electrons. The Morgan fingerprint density at radius 1 is 1.23 bits per heavy atom.